The molecule has 2 N–H and O–H groups in total. The van der Waals surface area contributed by atoms with E-state index in [-0.39, 0.29) is 23.3 Å². The predicted molar refractivity (Wildman–Crippen MR) is 109 cm³/mol. The molecule has 0 amide bonds. The molecule has 154 valence electrons. The first-order chi connectivity index (χ1) is 12.8. The number of halogens is 1. The van der Waals surface area contributed by atoms with Crippen LogP contribution in [0.5, 0.6) is 0 Å². The molecule has 1 aliphatic carbocycles. The number of nitrogens with two attached hydrogens (primary N) is 1. The Morgan fingerprint density at radius 2 is 2.00 bits per heavy atom. The first-order valence-electron chi connectivity index (χ1n) is 9.57. The van der Waals surface area contributed by atoms with Crippen LogP contribution in [-0.2, 0) is 15.6 Å². The lowest BCUT2D eigenvalue weighted by atomic mass is 9.77. The van der Waals surface area contributed by atoms with E-state index in [1.165, 1.54) is 0 Å². The molecule has 4 rings (SSSR count). The summed E-state index contributed by atoms with van der Waals surface area (Å²) in [6.07, 6.45) is 5.59. The van der Waals surface area contributed by atoms with Crippen molar-refractivity contribution in [3.63, 3.8) is 0 Å². The maximum absolute atomic E-state index is 13.2. The Labute approximate surface area is 172 Å². The number of benzene rings is 1. The summed E-state index contributed by atoms with van der Waals surface area (Å²) in [6, 6.07) is 5.11. The standard InChI is InChI=1S/C19H26N4O3S.ClH/c1-13-7-8-15(27(24,25)23-11-4-3-6-14(23)2)12-16(13)17-21-18(22-26-17)19(20)9-5-10-19;/h7-8,12,14H,3-6,9-11,20H2,1-2H3;1H. The maximum Gasteiger partial charge on any atom is 0.258 e. The van der Waals surface area contributed by atoms with E-state index in [9.17, 15) is 8.42 Å². The van der Waals surface area contributed by atoms with Crippen molar-refractivity contribution >= 4 is 22.4 Å². The number of nitrogens with zero attached hydrogens (tertiary/aromatic N) is 3. The van der Waals surface area contributed by atoms with E-state index < -0.39 is 15.6 Å². The van der Waals surface area contributed by atoms with Crippen molar-refractivity contribution in [2.24, 2.45) is 5.73 Å². The van der Waals surface area contributed by atoms with E-state index in [0.717, 1.165) is 44.1 Å². The third kappa shape index (κ3) is 3.58. The molecule has 2 aliphatic rings. The lowest BCUT2D eigenvalue weighted by Crippen LogP contribution is -2.44. The summed E-state index contributed by atoms with van der Waals surface area (Å²) in [5.74, 6) is 0.823. The molecular weight excluding hydrogens is 400 g/mol. The molecule has 1 aliphatic heterocycles. The SMILES string of the molecule is Cc1ccc(S(=O)(=O)N2CCCCC2C)cc1-c1nc(C2(N)CCC2)no1.Cl. The Morgan fingerprint density at radius 3 is 2.64 bits per heavy atom. The molecule has 2 aromatic rings. The Bertz CT molecular complexity index is 956. The molecule has 1 aromatic heterocycles. The Morgan fingerprint density at radius 1 is 1.25 bits per heavy atom. The number of aromatic nitrogens is 2. The van der Waals surface area contributed by atoms with Crippen LogP contribution in [0.15, 0.2) is 27.6 Å². The second-order valence-electron chi connectivity index (χ2n) is 7.87. The van der Waals surface area contributed by atoms with Crippen LogP contribution in [0.2, 0.25) is 0 Å². The van der Waals surface area contributed by atoms with Crippen LogP contribution in [0.3, 0.4) is 0 Å². The summed E-state index contributed by atoms with van der Waals surface area (Å²) < 4.78 is 33.3. The smallest absolute Gasteiger partial charge is 0.258 e. The predicted octanol–water partition coefficient (Wildman–Crippen LogP) is 3.37. The van der Waals surface area contributed by atoms with Gasteiger partial charge in [-0.1, -0.05) is 17.6 Å². The molecule has 0 bridgehead atoms. The van der Waals surface area contributed by atoms with Gasteiger partial charge in [0.05, 0.1) is 10.4 Å². The summed E-state index contributed by atoms with van der Waals surface area (Å²) in [7, 11) is -3.55. The summed E-state index contributed by atoms with van der Waals surface area (Å²) in [4.78, 5) is 4.74. The van der Waals surface area contributed by atoms with Gasteiger partial charge in [-0.15, -0.1) is 12.4 Å². The number of rotatable bonds is 4. The van der Waals surface area contributed by atoms with Gasteiger partial charge in [-0.05, 0) is 63.6 Å². The summed E-state index contributed by atoms with van der Waals surface area (Å²) in [6.45, 7) is 4.43. The number of hydrogen-bond donors (Lipinski definition) is 1. The molecule has 1 saturated carbocycles. The zero-order valence-electron chi connectivity index (χ0n) is 16.2. The summed E-state index contributed by atoms with van der Waals surface area (Å²) >= 11 is 0. The highest BCUT2D eigenvalue weighted by molar-refractivity contribution is 7.89. The van der Waals surface area contributed by atoms with E-state index in [0.29, 0.717) is 23.8 Å². The van der Waals surface area contributed by atoms with E-state index in [1.54, 1.807) is 22.5 Å². The van der Waals surface area contributed by atoms with Crippen molar-refractivity contribution in [1.82, 2.24) is 14.4 Å². The van der Waals surface area contributed by atoms with Gasteiger partial charge in [0.2, 0.25) is 10.0 Å². The first kappa shape index (κ1) is 21.2. The van der Waals surface area contributed by atoms with E-state index in [1.807, 2.05) is 13.8 Å². The van der Waals surface area contributed by atoms with Crippen molar-refractivity contribution in [3.8, 4) is 11.5 Å². The molecule has 2 fully saturated rings. The van der Waals surface area contributed by atoms with Gasteiger partial charge >= 0.3 is 0 Å². The minimum Gasteiger partial charge on any atom is -0.334 e. The van der Waals surface area contributed by atoms with Crippen LogP contribution in [0.4, 0.5) is 0 Å². The summed E-state index contributed by atoms with van der Waals surface area (Å²) in [5.41, 5.74) is 7.29. The van der Waals surface area contributed by atoms with Gasteiger partial charge in [-0.3, -0.25) is 0 Å². The Hall–Kier alpha value is -1.48. The molecule has 1 aromatic carbocycles. The highest BCUT2D eigenvalue weighted by Crippen LogP contribution is 2.38. The van der Waals surface area contributed by atoms with Gasteiger partial charge in [0.15, 0.2) is 5.82 Å². The topological polar surface area (TPSA) is 102 Å². The fourth-order valence-electron chi connectivity index (χ4n) is 3.87. The van der Waals surface area contributed by atoms with Gasteiger partial charge in [0.25, 0.3) is 5.89 Å². The fourth-order valence-corrected chi connectivity index (χ4v) is 5.60. The van der Waals surface area contributed by atoms with Gasteiger partial charge in [-0.25, -0.2) is 8.42 Å². The molecule has 28 heavy (non-hydrogen) atoms. The van der Waals surface area contributed by atoms with Crippen LogP contribution < -0.4 is 5.73 Å². The van der Waals surface area contributed by atoms with Crippen LogP contribution in [0, 0.1) is 6.92 Å². The van der Waals surface area contributed by atoms with Gasteiger partial charge in [0, 0.05) is 18.2 Å². The lowest BCUT2D eigenvalue weighted by Gasteiger charge is -2.34. The number of aryl methyl sites for hydroxylation is 1. The van der Waals surface area contributed by atoms with Crippen LogP contribution >= 0.6 is 12.4 Å². The van der Waals surface area contributed by atoms with Gasteiger partial charge in [0.1, 0.15) is 0 Å². The molecule has 1 saturated heterocycles. The monoisotopic (exact) mass is 426 g/mol. The third-order valence-electron chi connectivity index (χ3n) is 5.91. The van der Waals surface area contributed by atoms with Crippen molar-refractivity contribution in [3.05, 3.63) is 29.6 Å². The van der Waals surface area contributed by atoms with Crippen molar-refractivity contribution < 1.29 is 12.9 Å². The first-order valence-corrected chi connectivity index (χ1v) is 11.0. The highest BCUT2D eigenvalue weighted by atomic mass is 35.5. The molecule has 0 radical (unpaired) electrons. The van der Waals surface area contributed by atoms with E-state index in [4.69, 9.17) is 10.3 Å². The molecule has 2 heterocycles. The molecular formula is C19H27ClN4O3S. The number of sulfonamides is 1. The quantitative estimate of drug-likeness (QED) is 0.803. The van der Waals surface area contributed by atoms with Crippen LogP contribution in [-0.4, -0.2) is 35.5 Å². The second-order valence-corrected chi connectivity index (χ2v) is 9.76. The average molecular weight is 427 g/mol. The van der Waals surface area contributed by atoms with Gasteiger partial charge < -0.3 is 10.3 Å². The second kappa shape index (κ2) is 7.74. The number of piperidine rings is 1. The minimum atomic E-state index is -3.55. The molecule has 1 atom stereocenters. The highest BCUT2D eigenvalue weighted by Gasteiger charge is 2.39. The normalized spacial score (nSPS) is 22.3. The number of hydrogen-bond acceptors (Lipinski definition) is 6. The van der Waals surface area contributed by atoms with Crippen molar-refractivity contribution in [1.29, 1.82) is 0 Å². The minimum absolute atomic E-state index is 0. The zero-order chi connectivity index (χ0) is 19.2. The fraction of sp³-hybridized carbons (Fsp3) is 0.579. The largest absolute Gasteiger partial charge is 0.334 e. The van der Waals surface area contributed by atoms with Crippen LogP contribution in [0.25, 0.3) is 11.5 Å². The average Bonchev–Trinajstić information content (AvgIpc) is 3.10. The maximum atomic E-state index is 13.2. The molecule has 1 unspecified atom stereocenters. The Balaban J connectivity index is 0.00000225. The zero-order valence-corrected chi connectivity index (χ0v) is 17.9. The molecule has 0 spiro atoms. The van der Waals surface area contributed by atoms with Crippen molar-refractivity contribution in [2.75, 3.05) is 6.54 Å². The molecule has 7 nitrogen and oxygen atoms in total. The van der Waals surface area contributed by atoms with Crippen LogP contribution in [0.1, 0.15) is 56.8 Å². The van der Waals surface area contributed by atoms with Crippen molar-refractivity contribution in [2.45, 2.75) is 68.8 Å². The lowest BCUT2D eigenvalue weighted by molar-refractivity contribution is 0.229. The summed E-state index contributed by atoms with van der Waals surface area (Å²) in [5, 5.41) is 4.05. The third-order valence-corrected chi connectivity index (χ3v) is 7.91. The Kier molecular flexibility index (Phi) is 5.87. The van der Waals surface area contributed by atoms with E-state index in [2.05, 4.69) is 10.1 Å². The molecule has 9 heteroatoms. The van der Waals surface area contributed by atoms with E-state index >= 15 is 0 Å². The van der Waals surface area contributed by atoms with Gasteiger partial charge in [-0.2, -0.15) is 9.29 Å².